The third-order valence-electron chi connectivity index (χ3n) is 4.82. The fourth-order valence-electron chi connectivity index (χ4n) is 3.80. The molecule has 1 saturated carbocycles. The Morgan fingerprint density at radius 2 is 2.16 bits per heavy atom. The van der Waals surface area contributed by atoms with E-state index in [1.54, 1.807) is 6.07 Å². The number of nitrogens with zero attached hydrogens (tertiary/aromatic N) is 1. The topological polar surface area (TPSA) is 29.3 Å². The molecule has 19 heavy (non-hydrogen) atoms. The molecule has 104 valence electrons. The number of likely N-dealkylation sites (tertiary alicyclic amines) is 1. The molecule has 3 heteroatoms. The largest absolute Gasteiger partial charge is 0.327 e. The van der Waals surface area contributed by atoms with Gasteiger partial charge < -0.3 is 5.73 Å². The third kappa shape index (κ3) is 2.67. The average molecular weight is 262 g/mol. The van der Waals surface area contributed by atoms with Crippen molar-refractivity contribution in [3.05, 3.63) is 35.1 Å². The van der Waals surface area contributed by atoms with E-state index < -0.39 is 0 Å². The molecule has 1 aromatic rings. The van der Waals surface area contributed by atoms with Crippen LogP contribution in [0, 0.1) is 24.6 Å². The molecule has 2 nitrogen and oxygen atoms in total. The second kappa shape index (κ2) is 5.22. The summed E-state index contributed by atoms with van der Waals surface area (Å²) in [4.78, 5) is 2.39. The standard InChI is InChI=1S/C16H23FN2/c1-11-5-6-15(17)13(7-11)9-19-8-12-3-2-4-16(18)14(12)10-19/h5-7,12,14,16H,2-4,8-10,18H2,1H3. The monoisotopic (exact) mass is 262 g/mol. The number of rotatable bonds is 2. The average Bonchev–Trinajstić information content (AvgIpc) is 2.78. The summed E-state index contributed by atoms with van der Waals surface area (Å²) in [6.07, 6.45) is 3.72. The van der Waals surface area contributed by atoms with E-state index >= 15 is 0 Å². The minimum Gasteiger partial charge on any atom is -0.327 e. The zero-order valence-corrected chi connectivity index (χ0v) is 11.6. The van der Waals surface area contributed by atoms with Crippen molar-refractivity contribution < 1.29 is 4.39 Å². The fraction of sp³-hybridized carbons (Fsp3) is 0.625. The summed E-state index contributed by atoms with van der Waals surface area (Å²) in [5, 5.41) is 0. The van der Waals surface area contributed by atoms with Crippen LogP contribution < -0.4 is 5.73 Å². The number of benzene rings is 1. The fourth-order valence-corrected chi connectivity index (χ4v) is 3.80. The zero-order valence-electron chi connectivity index (χ0n) is 11.6. The summed E-state index contributed by atoms with van der Waals surface area (Å²) >= 11 is 0. The van der Waals surface area contributed by atoms with Gasteiger partial charge in [-0.1, -0.05) is 24.1 Å². The van der Waals surface area contributed by atoms with E-state index in [4.69, 9.17) is 5.73 Å². The molecular formula is C16H23FN2. The first-order valence-electron chi connectivity index (χ1n) is 7.36. The molecule has 0 aromatic heterocycles. The third-order valence-corrected chi connectivity index (χ3v) is 4.82. The second-order valence-corrected chi connectivity index (χ2v) is 6.31. The lowest BCUT2D eigenvalue weighted by atomic mass is 9.78. The van der Waals surface area contributed by atoms with E-state index in [0.29, 0.717) is 12.0 Å². The van der Waals surface area contributed by atoms with Gasteiger partial charge in [-0.05, 0) is 37.7 Å². The Balaban J connectivity index is 1.70. The molecule has 0 radical (unpaired) electrons. The normalized spacial score (nSPS) is 31.4. The SMILES string of the molecule is Cc1ccc(F)c(CN2CC3CCCC(N)C3C2)c1. The second-order valence-electron chi connectivity index (χ2n) is 6.31. The molecule has 2 fully saturated rings. The molecule has 1 saturated heterocycles. The zero-order chi connectivity index (χ0) is 13.4. The first-order chi connectivity index (χ1) is 9.13. The van der Waals surface area contributed by atoms with Crippen molar-refractivity contribution in [2.45, 2.75) is 38.8 Å². The van der Waals surface area contributed by atoms with Crippen LogP contribution in [0.1, 0.15) is 30.4 Å². The Morgan fingerprint density at radius 1 is 1.32 bits per heavy atom. The van der Waals surface area contributed by atoms with Gasteiger partial charge in [0, 0.05) is 31.2 Å². The van der Waals surface area contributed by atoms with Crippen LogP contribution in [0.2, 0.25) is 0 Å². The molecule has 3 unspecified atom stereocenters. The van der Waals surface area contributed by atoms with Crippen LogP contribution in [-0.2, 0) is 6.54 Å². The molecule has 1 aromatic carbocycles. The maximum atomic E-state index is 13.8. The minimum absolute atomic E-state index is 0.0789. The summed E-state index contributed by atoms with van der Waals surface area (Å²) in [5.74, 6) is 1.28. The summed E-state index contributed by atoms with van der Waals surface area (Å²) in [7, 11) is 0. The first kappa shape index (κ1) is 13.1. The molecule has 2 N–H and O–H groups in total. The number of fused-ring (bicyclic) bond motifs is 1. The van der Waals surface area contributed by atoms with Crippen molar-refractivity contribution in [1.82, 2.24) is 4.90 Å². The molecular weight excluding hydrogens is 239 g/mol. The van der Waals surface area contributed by atoms with Crippen LogP contribution in [0.15, 0.2) is 18.2 Å². The van der Waals surface area contributed by atoms with Gasteiger partial charge in [-0.2, -0.15) is 0 Å². The Kier molecular flexibility index (Phi) is 3.59. The Bertz CT molecular complexity index is 460. The lowest BCUT2D eigenvalue weighted by Gasteiger charge is -2.29. The van der Waals surface area contributed by atoms with Gasteiger partial charge in [0.1, 0.15) is 5.82 Å². The van der Waals surface area contributed by atoms with Gasteiger partial charge in [-0.25, -0.2) is 4.39 Å². The number of aryl methyl sites for hydroxylation is 1. The highest BCUT2D eigenvalue weighted by molar-refractivity contribution is 5.24. The van der Waals surface area contributed by atoms with Crippen molar-refractivity contribution >= 4 is 0 Å². The maximum Gasteiger partial charge on any atom is 0.127 e. The summed E-state index contributed by atoms with van der Waals surface area (Å²) in [6, 6.07) is 5.74. The Hall–Kier alpha value is -0.930. The van der Waals surface area contributed by atoms with Crippen LogP contribution in [0.4, 0.5) is 4.39 Å². The van der Waals surface area contributed by atoms with Gasteiger partial charge in [0.05, 0.1) is 0 Å². The highest BCUT2D eigenvalue weighted by Crippen LogP contribution is 2.36. The van der Waals surface area contributed by atoms with E-state index in [0.717, 1.165) is 43.1 Å². The smallest absolute Gasteiger partial charge is 0.127 e. The number of hydrogen-bond donors (Lipinski definition) is 1. The van der Waals surface area contributed by atoms with Crippen molar-refractivity contribution in [3.8, 4) is 0 Å². The van der Waals surface area contributed by atoms with Crippen LogP contribution >= 0.6 is 0 Å². The minimum atomic E-state index is -0.0789. The Morgan fingerprint density at radius 3 is 2.95 bits per heavy atom. The molecule has 0 amide bonds. The van der Waals surface area contributed by atoms with Crippen molar-refractivity contribution in [1.29, 1.82) is 0 Å². The van der Waals surface area contributed by atoms with Crippen molar-refractivity contribution in [2.75, 3.05) is 13.1 Å². The van der Waals surface area contributed by atoms with Gasteiger partial charge in [-0.3, -0.25) is 4.90 Å². The van der Waals surface area contributed by atoms with E-state index in [9.17, 15) is 4.39 Å². The molecule has 1 heterocycles. The highest BCUT2D eigenvalue weighted by atomic mass is 19.1. The van der Waals surface area contributed by atoms with E-state index in [1.165, 1.54) is 12.8 Å². The summed E-state index contributed by atoms with van der Waals surface area (Å²) < 4.78 is 13.8. The molecule has 0 bridgehead atoms. The van der Waals surface area contributed by atoms with Crippen molar-refractivity contribution in [2.24, 2.45) is 17.6 Å². The van der Waals surface area contributed by atoms with Gasteiger partial charge in [0.25, 0.3) is 0 Å². The molecule has 2 aliphatic rings. The van der Waals surface area contributed by atoms with Gasteiger partial charge in [0.2, 0.25) is 0 Å². The maximum absolute atomic E-state index is 13.8. The van der Waals surface area contributed by atoms with Crippen molar-refractivity contribution in [3.63, 3.8) is 0 Å². The first-order valence-corrected chi connectivity index (χ1v) is 7.36. The quantitative estimate of drug-likeness (QED) is 0.888. The molecule has 3 rings (SSSR count). The highest BCUT2D eigenvalue weighted by Gasteiger charge is 2.38. The van der Waals surface area contributed by atoms with E-state index in [-0.39, 0.29) is 5.82 Å². The van der Waals surface area contributed by atoms with Crippen LogP contribution in [0.5, 0.6) is 0 Å². The van der Waals surface area contributed by atoms with Crippen LogP contribution in [0.25, 0.3) is 0 Å². The van der Waals surface area contributed by atoms with Crippen LogP contribution in [-0.4, -0.2) is 24.0 Å². The van der Waals surface area contributed by atoms with E-state index in [2.05, 4.69) is 4.90 Å². The van der Waals surface area contributed by atoms with Gasteiger partial charge in [0.15, 0.2) is 0 Å². The molecule has 0 spiro atoms. The van der Waals surface area contributed by atoms with Gasteiger partial charge >= 0.3 is 0 Å². The summed E-state index contributed by atoms with van der Waals surface area (Å²) in [5.41, 5.74) is 8.18. The molecule has 1 aliphatic carbocycles. The molecule has 3 atom stereocenters. The van der Waals surface area contributed by atoms with Gasteiger partial charge in [-0.15, -0.1) is 0 Å². The summed E-state index contributed by atoms with van der Waals surface area (Å²) in [6.45, 7) is 4.88. The predicted molar refractivity (Wildman–Crippen MR) is 75.2 cm³/mol. The number of halogens is 1. The Labute approximate surface area is 114 Å². The van der Waals surface area contributed by atoms with E-state index in [1.807, 2.05) is 19.1 Å². The molecule has 1 aliphatic heterocycles. The lowest BCUT2D eigenvalue weighted by molar-refractivity contribution is 0.259. The number of hydrogen-bond acceptors (Lipinski definition) is 2. The van der Waals surface area contributed by atoms with Crippen LogP contribution in [0.3, 0.4) is 0 Å². The lowest BCUT2D eigenvalue weighted by Crippen LogP contribution is -2.38. The number of nitrogens with two attached hydrogens (primary N) is 1. The predicted octanol–water partition coefficient (Wildman–Crippen LogP) is 2.69.